The van der Waals surface area contributed by atoms with E-state index in [1.807, 2.05) is 17.1 Å². The Labute approximate surface area is 168 Å². The van der Waals surface area contributed by atoms with Crippen molar-refractivity contribution in [3.05, 3.63) is 35.0 Å². The van der Waals surface area contributed by atoms with Gasteiger partial charge in [0.25, 0.3) is 0 Å². The van der Waals surface area contributed by atoms with Crippen molar-refractivity contribution in [2.45, 2.75) is 18.8 Å². The minimum absolute atomic E-state index is 0.0699. The number of ether oxygens (including phenoxy) is 1. The lowest BCUT2D eigenvalue weighted by Crippen LogP contribution is -2.49. The number of H-pyrrole nitrogens is 1. The largest absolute Gasteiger partial charge is 0.379 e. The Bertz CT molecular complexity index is 944. The van der Waals surface area contributed by atoms with E-state index in [1.54, 1.807) is 6.07 Å². The summed E-state index contributed by atoms with van der Waals surface area (Å²) < 4.78 is 5.29. The van der Waals surface area contributed by atoms with Crippen molar-refractivity contribution in [1.82, 2.24) is 25.9 Å². The monoisotopic (exact) mass is 396 g/mol. The Morgan fingerprint density at radius 2 is 1.97 bits per heavy atom. The molecule has 4 N–H and O–H groups in total. The van der Waals surface area contributed by atoms with Gasteiger partial charge in [-0.3, -0.25) is 15.3 Å². The van der Waals surface area contributed by atoms with E-state index in [0.29, 0.717) is 54.7 Å². The average Bonchev–Trinajstić information content (AvgIpc) is 3.30. The summed E-state index contributed by atoms with van der Waals surface area (Å²) >= 11 is 0. The summed E-state index contributed by atoms with van der Waals surface area (Å²) in [6.07, 6.45) is 1.96. The number of anilines is 1. The quantitative estimate of drug-likeness (QED) is 0.533. The summed E-state index contributed by atoms with van der Waals surface area (Å²) in [5.41, 5.74) is 6.89. The van der Waals surface area contributed by atoms with Gasteiger partial charge >= 0.3 is 6.03 Å². The van der Waals surface area contributed by atoms with E-state index in [0.717, 1.165) is 37.2 Å². The molecule has 2 amide bonds. The lowest BCUT2D eigenvalue weighted by atomic mass is 9.91. The van der Waals surface area contributed by atoms with E-state index in [-0.39, 0.29) is 11.8 Å². The number of aromatic nitrogens is 2. The zero-order valence-corrected chi connectivity index (χ0v) is 16.1. The number of rotatable bonds is 3. The van der Waals surface area contributed by atoms with Gasteiger partial charge in [0.05, 0.1) is 35.7 Å². The highest BCUT2D eigenvalue weighted by Crippen LogP contribution is 2.43. The topological polar surface area (TPSA) is 111 Å². The van der Waals surface area contributed by atoms with Crippen molar-refractivity contribution in [1.29, 1.82) is 0 Å². The standard InChI is InChI=1S/C20H24N6O3/c27-19-15-13(18-16(19)17(23-24-18)12-4-6-21-7-5-12)2-1-3-14(15)22-20(28)25-26-8-10-29-11-9-26/h1-3,12,21H,4-11H2,(H,23,24)(H2,22,25,28). The van der Waals surface area contributed by atoms with Crippen molar-refractivity contribution >= 4 is 17.5 Å². The first-order valence-corrected chi connectivity index (χ1v) is 10.1. The molecule has 5 rings (SSSR count). The van der Waals surface area contributed by atoms with E-state index < -0.39 is 0 Å². The van der Waals surface area contributed by atoms with E-state index >= 15 is 0 Å². The molecule has 0 bridgehead atoms. The maximum absolute atomic E-state index is 13.3. The number of hydrogen-bond donors (Lipinski definition) is 4. The molecule has 3 aliphatic rings. The van der Waals surface area contributed by atoms with Crippen LogP contribution in [0.15, 0.2) is 18.2 Å². The maximum Gasteiger partial charge on any atom is 0.333 e. The second kappa shape index (κ2) is 7.58. The number of piperidine rings is 1. The molecule has 3 heterocycles. The second-order valence-corrected chi connectivity index (χ2v) is 7.61. The Balaban J connectivity index is 1.39. The highest BCUT2D eigenvalue weighted by molar-refractivity contribution is 6.25. The van der Waals surface area contributed by atoms with Crippen molar-refractivity contribution in [3.8, 4) is 11.3 Å². The van der Waals surface area contributed by atoms with Crippen LogP contribution in [0, 0.1) is 0 Å². The van der Waals surface area contributed by atoms with Crippen LogP contribution in [0.3, 0.4) is 0 Å². The van der Waals surface area contributed by atoms with Crippen molar-refractivity contribution in [2.24, 2.45) is 0 Å². The molecule has 2 fully saturated rings. The van der Waals surface area contributed by atoms with Gasteiger partial charge in [0.1, 0.15) is 5.69 Å². The van der Waals surface area contributed by atoms with Gasteiger partial charge in [0.15, 0.2) is 5.78 Å². The maximum atomic E-state index is 13.3. The number of urea groups is 1. The van der Waals surface area contributed by atoms with Crippen LogP contribution in [-0.4, -0.2) is 66.4 Å². The summed E-state index contributed by atoms with van der Waals surface area (Å²) in [4.78, 5) is 25.8. The van der Waals surface area contributed by atoms with Gasteiger partial charge in [-0.25, -0.2) is 9.80 Å². The van der Waals surface area contributed by atoms with Gasteiger partial charge in [0, 0.05) is 24.6 Å². The number of aromatic amines is 1. The molecule has 2 saturated heterocycles. The van der Waals surface area contributed by atoms with E-state index in [2.05, 4.69) is 26.3 Å². The number of ketones is 1. The van der Waals surface area contributed by atoms with Crippen LogP contribution in [0.1, 0.15) is 40.4 Å². The van der Waals surface area contributed by atoms with E-state index in [4.69, 9.17) is 4.74 Å². The first-order valence-electron chi connectivity index (χ1n) is 10.1. The molecular formula is C20H24N6O3. The van der Waals surface area contributed by atoms with Crippen LogP contribution in [0.25, 0.3) is 11.3 Å². The van der Waals surface area contributed by atoms with Crippen LogP contribution in [0.2, 0.25) is 0 Å². The van der Waals surface area contributed by atoms with Gasteiger partial charge in [-0.2, -0.15) is 5.10 Å². The number of carbonyl (C=O) groups is 2. The predicted molar refractivity (Wildman–Crippen MR) is 107 cm³/mol. The molecule has 9 heteroatoms. The molecule has 152 valence electrons. The molecule has 29 heavy (non-hydrogen) atoms. The Hall–Kier alpha value is -2.75. The number of morpholine rings is 1. The molecule has 0 unspecified atom stereocenters. The number of nitrogens with zero attached hydrogens (tertiary/aromatic N) is 2. The molecule has 0 atom stereocenters. The molecule has 0 saturated carbocycles. The minimum Gasteiger partial charge on any atom is -0.379 e. The molecule has 1 aliphatic carbocycles. The lowest BCUT2D eigenvalue weighted by molar-refractivity contribution is 0.0207. The molecule has 2 aliphatic heterocycles. The number of nitrogens with one attached hydrogen (secondary N) is 4. The fraction of sp³-hybridized carbons (Fsp3) is 0.450. The zero-order chi connectivity index (χ0) is 19.8. The molecule has 0 spiro atoms. The summed E-state index contributed by atoms with van der Waals surface area (Å²) in [5.74, 6) is 0.228. The SMILES string of the molecule is O=C(Nc1cccc2c1C(=O)c1c-2n[nH]c1C1CCNCC1)NN1CCOCC1. The predicted octanol–water partition coefficient (Wildman–Crippen LogP) is 1.46. The van der Waals surface area contributed by atoms with Crippen molar-refractivity contribution in [2.75, 3.05) is 44.7 Å². The van der Waals surface area contributed by atoms with Crippen LogP contribution >= 0.6 is 0 Å². The third-order valence-corrected chi connectivity index (χ3v) is 5.83. The summed E-state index contributed by atoms with van der Waals surface area (Å²) in [7, 11) is 0. The Morgan fingerprint density at radius 1 is 1.17 bits per heavy atom. The number of hydrogen-bond acceptors (Lipinski definition) is 6. The van der Waals surface area contributed by atoms with Crippen molar-refractivity contribution < 1.29 is 14.3 Å². The summed E-state index contributed by atoms with van der Waals surface area (Å²) in [6.45, 7) is 4.31. The Kier molecular flexibility index (Phi) is 4.78. The fourth-order valence-corrected chi connectivity index (χ4v) is 4.38. The summed E-state index contributed by atoms with van der Waals surface area (Å²) in [5, 5.41) is 15.6. The number of fused-ring (bicyclic) bond motifs is 3. The molecular weight excluding hydrogens is 372 g/mol. The molecule has 0 radical (unpaired) electrons. The average molecular weight is 396 g/mol. The van der Waals surface area contributed by atoms with Crippen LogP contribution in [-0.2, 0) is 4.74 Å². The van der Waals surface area contributed by atoms with Gasteiger partial charge < -0.3 is 15.4 Å². The third kappa shape index (κ3) is 3.31. The normalized spacial score (nSPS) is 19.7. The van der Waals surface area contributed by atoms with Crippen LogP contribution < -0.4 is 16.1 Å². The highest BCUT2D eigenvalue weighted by Gasteiger charge is 2.37. The van der Waals surface area contributed by atoms with E-state index in [9.17, 15) is 9.59 Å². The minimum atomic E-state index is -0.363. The van der Waals surface area contributed by atoms with Gasteiger partial charge in [-0.05, 0) is 32.0 Å². The molecule has 9 nitrogen and oxygen atoms in total. The smallest absolute Gasteiger partial charge is 0.333 e. The first-order chi connectivity index (χ1) is 14.2. The third-order valence-electron chi connectivity index (χ3n) is 5.83. The van der Waals surface area contributed by atoms with Gasteiger partial charge in [-0.15, -0.1) is 0 Å². The second-order valence-electron chi connectivity index (χ2n) is 7.61. The number of amides is 2. The summed E-state index contributed by atoms with van der Waals surface area (Å²) in [6, 6.07) is 5.12. The molecule has 2 aromatic rings. The van der Waals surface area contributed by atoms with Gasteiger partial charge in [-0.1, -0.05) is 12.1 Å². The van der Waals surface area contributed by atoms with Gasteiger partial charge in [0.2, 0.25) is 0 Å². The molecule has 1 aromatic heterocycles. The van der Waals surface area contributed by atoms with Crippen LogP contribution in [0.5, 0.6) is 0 Å². The van der Waals surface area contributed by atoms with Crippen LogP contribution in [0.4, 0.5) is 10.5 Å². The number of carbonyl (C=O) groups excluding carboxylic acids is 2. The zero-order valence-electron chi connectivity index (χ0n) is 16.1. The first kappa shape index (κ1) is 18.3. The number of hydrazine groups is 1. The molecule has 1 aromatic carbocycles. The number of benzene rings is 1. The fourth-order valence-electron chi connectivity index (χ4n) is 4.38. The van der Waals surface area contributed by atoms with E-state index in [1.165, 1.54) is 0 Å². The highest BCUT2D eigenvalue weighted by atomic mass is 16.5. The Morgan fingerprint density at radius 3 is 2.76 bits per heavy atom. The lowest BCUT2D eigenvalue weighted by Gasteiger charge is -2.27. The van der Waals surface area contributed by atoms with Crippen molar-refractivity contribution in [3.63, 3.8) is 0 Å².